The minimum absolute atomic E-state index is 0.0227. The number of amides is 1. The third-order valence-electron chi connectivity index (χ3n) is 6.23. The van der Waals surface area contributed by atoms with Crippen LogP contribution in [0.25, 0.3) is 11.0 Å². The quantitative estimate of drug-likeness (QED) is 0.655. The summed E-state index contributed by atoms with van der Waals surface area (Å²) in [7, 11) is 3.05. The van der Waals surface area contributed by atoms with E-state index in [-0.39, 0.29) is 23.4 Å². The van der Waals surface area contributed by atoms with Gasteiger partial charge in [0, 0.05) is 39.3 Å². The number of esters is 1. The highest BCUT2D eigenvalue weighted by Crippen LogP contribution is 2.23. The van der Waals surface area contributed by atoms with Crippen molar-refractivity contribution in [2.45, 2.75) is 46.5 Å². The molecule has 3 heterocycles. The Morgan fingerprint density at radius 1 is 1.10 bits per heavy atom. The molecule has 0 N–H and O–H groups in total. The Bertz CT molecular complexity index is 1140. The molecule has 1 aliphatic rings. The van der Waals surface area contributed by atoms with Crippen LogP contribution in [0.2, 0.25) is 0 Å². The molecule has 0 aromatic carbocycles. The largest absolute Gasteiger partial charge is 0.466 e. The summed E-state index contributed by atoms with van der Waals surface area (Å²) in [5.74, 6) is -0.297. The zero-order valence-electron chi connectivity index (χ0n) is 18.9. The van der Waals surface area contributed by atoms with Crippen molar-refractivity contribution in [3.63, 3.8) is 0 Å². The Hall–Kier alpha value is -2.97. The number of aryl methyl sites for hydroxylation is 3. The molecule has 0 aliphatic carbocycles. The molecular weight excluding hydrogens is 400 g/mol. The first-order valence-electron chi connectivity index (χ1n) is 10.7. The van der Waals surface area contributed by atoms with E-state index in [0.717, 1.165) is 15.7 Å². The number of aromatic nitrogens is 3. The molecule has 0 radical (unpaired) electrons. The topological polar surface area (TPSA) is 104 Å². The lowest BCUT2D eigenvalue weighted by Gasteiger charge is -2.31. The van der Waals surface area contributed by atoms with Crippen LogP contribution in [0.1, 0.15) is 43.0 Å². The van der Waals surface area contributed by atoms with E-state index < -0.39 is 5.69 Å². The van der Waals surface area contributed by atoms with Gasteiger partial charge in [0.2, 0.25) is 5.91 Å². The average Bonchev–Trinajstić information content (AvgIpc) is 2.75. The number of ether oxygens (including phenoxy) is 1. The molecule has 1 saturated heterocycles. The smallest absolute Gasteiger partial charge is 0.332 e. The molecule has 168 valence electrons. The minimum atomic E-state index is -0.419. The van der Waals surface area contributed by atoms with Crippen molar-refractivity contribution in [3.05, 3.63) is 37.7 Å². The lowest BCUT2D eigenvalue weighted by atomic mass is 9.96. The highest BCUT2D eigenvalue weighted by molar-refractivity contribution is 5.81. The Morgan fingerprint density at radius 2 is 1.74 bits per heavy atom. The number of carbonyl (C=O) groups excluding carboxylic acids is 2. The predicted molar refractivity (Wildman–Crippen MR) is 116 cm³/mol. The molecule has 1 fully saturated rings. The second-order valence-corrected chi connectivity index (χ2v) is 8.11. The third-order valence-corrected chi connectivity index (χ3v) is 6.23. The lowest BCUT2D eigenvalue weighted by Crippen LogP contribution is -2.40. The van der Waals surface area contributed by atoms with E-state index in [4.69, 9.17) is 4.74 Å². The van der Waals surface area contributed by atoms with E-state index in [2.05, 4.69) is 4.98 Å². The number of nitrogens with zero attached hydrogens (tertiary/aromatic N) is 4. The molecule has 0 atom stereocenters. The van der Waals surface area contributed by atoms with E-state index in [1.54, 1.807) is 18.9 Å². The fraction of sp³-hybridized carbons (Fsp3) is 0.591. The number of likely N-dealkylation sites (tertiary alicyclic amines) is 1. The average molecular weight is 431 g/mol. The van der Waals surface area contributed by atoms with Gasteiger partial charge in [0.1, 0.15) is 5.65 Å². The number of piperidine rings is 1. The maximum absolute atomic E-state index is 12.8. The zero-order chi connectivity index (χ0) is 22.9. The molecule has 1 aliphatic heterocycles. The Labute approximate surface area is 180 Å². The Morgan fingerprint density at radius 3 is 2.35 bits per heavy atom. The van der Waals surface area contributed by atoms with E-state index in [0.29, 0.717) is 62.1 Å². The molecule has 9 heteroatoms. The fourth-order valence-electron chi connectivity index (χ4n) is 4.32. The van der Waals surface area contributed by atoms with Gasteiger partial charge < -0.3 is 9.64 Å². The number of fused-ring (bicyclic) bond motifs is 1. The maximum Gasteiger partial charge on any atom is 0.332 e. The van der Waals surface area contributed by atoms with Crippen LogP contribution in [0.4, 0.5) is 0 Å². The van der Waals surface area contributed by atoms with Crippen LogP contribution in [-0.2, 0) is 34.8 Å². The summed E-state index contributed by atoms with van der Waals surface area (Å²) in [6, 6.07) is 0. The van der Waals surface area contributed by atoms with E-state index in [1.807, 2.05) is 13.8 Å². The lowest BCUT2D eigenvalue weighted by molar-refractivity contribution is -0.151. The molecular formula is C22H30N4O5. The van der Waals surface area contributed by atoms with Crippen molar-refractivity contribution in [3.8, 4) is 0 Å². The summed E-state index contributed by atoms with van der Waals surface area (Å²) < 4.78 is 7.53. The van der Waals surface area contributed by atoms with Crippen molar-refractivity contribution < 1.29 is 14.3 Å². The van der Waals surface area contributed by atoms with Crippen LogP contribution in [0.15, 0.2) is 9.59 Å². The third kappa shape index (κ3) is 4.26. The van der Waals surface area contributed by atoms with E-state index in [9.17, 15) is 19.2 Å². The summed E-state index contributed by atoms with van der Waals surface area (Å²) in [5, 5.41) is 0.410. The van der Waals surface area contributed by atoms with Crippen LogP contribution in [-0.4, -0.2) is 50.6 Å². The van der Waals surface area contributed by atoms with Gasteiger partial charge in [0.25, 0.3) is 5.56 Å². The van der Waals surface area contributed by atoms with Crippen molar-refractivity contribution in [2.75, 3.05) is 19.7 Å². The Kier molecular flexibility index (Phi) is 6.62. The predicted octanol–water partition coefficient (Wildman–Crippen LogP) is 0.983. The van der Waals surface area contributed by atoms with Crippen molar-refractivity contribution in [2.24, 2.45) is 20.0 Å². The number of rotatable bonds is 5. The molecule has 0 unspecified atom stereocenters. The fourth-order valence-corrected chi connectivity index (χ4v) is 4.32. The van der Waals surface area contributed by atoms with Gasteiger partial charge in [0.15, 0.2) is 0 Å². The minimum Gasteiger partial charge on any atom is -0.466 e. The number of pyridine rings is 1. The molecule has 0 bridgehead atoms. The van der Waals surface area contributed by atoms with Crippen molar-refractivity contribution >= 4 is 22.9 Å². The van der Waals surface area contributed by atoms with Gasteiger partial charge in [-0.1, -0.05) is 0 Å². The Balaban J connectivity index is 1.76. The zero-order valence-corrected chi connectivity index (χ0v) is 18.9. The first-order chi connectivity index (χ1) is 14.7. The monoisotopic (exact) mass is 430 g/mol. The van der Waals surface area contributed by atoms with Gasteiger partial charge in [-0.15, -0.1) is 0 Å². The SMILES string of the molecule is CCOC(=O)C1CCN(C(=O)CCc2c(C)nc3c(c2C)c(=O)n(C)c(=O)n3C)CC1. The summed E-state index contributed by atoms with van der Waals surface area (Å²) in [6.07, 6.45) is 1.99. The van der Waals surface area contributed by atoms with Gasteiger partial charge in [-0.3, -0.25) is 23.5 Å². The maximum atomic E-state index is 12.8. The molecule has 0 spiro atoms. The summed E-state index contributed by atoms with van der Waals surface area (Å²) in [4.78, 5) is 55.8. The van der Waals surface area contributed by atoms with Gasteiger partial charge in [-0.05, 0) is 51.2 Å². The van der Waals surface area contributed by atoms with Gasteiger partial charge >= 0.3 is 11.7 Å². The summed E-state index contributed by atoms with van der Waals surface area (Å²) in [5.41, 5.74) is 1.89. The van der Waals surface area contributed by atoms with Crippen molar-refractivity contribution in [1.29, 1.82) is 0 Å². The van der Waals surface area contributed by atoms with Gasteiger partial charge in [-0.25, -0.2) is 9.78 Å². The van der Waals surface area contributed by atoms with Gasteiger partial charge in [0.05, 0.1) is 17.9 Å². The van der Waals surface area contributed by atoms with Crippen LogP contribution in [0.3, 0.4) is 0 Å². The van der Waals surface area contributed by atoms with Crippen LogP contribution in [0.5, 0.6) is 0 Å². The molecule has 2 aromatic rings. The molecule has 0 saturated carbocycles. The summed E-state index contributed by atoms with van der Waals surface area (Å²) in [6.45, 7) is 6.91. The van der Waals surface area contributed by atoms with Crippen LogP contribution < -0.4 is 11.2 Å². The van der Waals surface area contributed by atoms with E-state index >= 15 is 0 Å². The summed E-state index contributed by atoms with van der Waals surface area (Å²) >= 11 is 0. The number of hydrogen-bond donors (Lipinski definition) is 0. The highest BCUT2D eigenvalue weighted by Gasteiger charge is 2.28. The second-order valence-electron chi connectivity index (χ2n) is 8.11. The first kappa shape index (κ1) is 22.7. The van der Waals surface area contributed by atoms with Crippen LogP contribution >= 0.6 is 0 Å². The van der Waals surface area contributed by atoms with Crippen molar-refractivity contribution in [1.82, 2.24) is 19.0 Å². The molecule has 1 amide bonds. The second kappa shape index (κ2) is 9.03. The van der Waals surface area contributed by atoms with E-state index in [1.165, 1.54) is 11.6 Å². The van der Waals surface area contributed by atoms with Crippen LogP contribution in [0, 0.1) is 19.8 Å². The number of hydrogen-bond acceptors (Lipinski definition) is 6. The first-order valence-corrected chi connectivity index (χ1v) is 10.7. The molecule has 31 heavy (non-hydrogen) atoms. The normalized spacial score (nSPS) is 14.8. The molecule has 3 rings (SSSR count). The molecule has 2 aromatic heterocycles. The number of carbonyl (C=O) groups is 2. The van der Waals surface area contributed by atoms with Gasteiger partial charge in [-0.2, -0.15) is 0 Å². The highest BCUT2D eigenvalue weighted by atomic mass is 16.5. The standard InChI is InChI=1S/C22H30N4O5/c1-6-31-21(29)15-9-11-26(12-10-15)17(27)8-7-16-13(2)18-19(23-14(16)3)24(4)22(30)25(5)20(18)28/h15H,6-12H2,1-5H3. The molecule has 9 nitrogen and oxygen atoms in total.